The van der Waals surface area contributed by atoms with Crippen LogP contribution in [0, 0.1) is 0 Å². The molecular weight excluding hydrogens is 288 g/mol. The van der Waals surface area contributed by atoms with Crippen molar-refractivity contribution in [2.45, 2.75) is 19.1 Å². The number of nitrogens with zero attached hydrogens (tertiary/aromatic N) is 2. The van der Waals surface area contributed by atoms with Crippen molar-refractivity contribution in [3.63, 3.8) is 0 Å². The summed E-state index contributed by atoms with van der Waals surface area (Å²) in [6.07, 6.45) is 4.14. The van der Waals surface area contributed by atoms with E-state index in [0.717, 1.165) is 10.0 Å². The third-order valence-electron chi connectivity index (χ3n) is 2.30. The van der Waals surface area contributed by atoms with Crippen LogP contribution in [-0.2, 0) is 14.3 Å². The van der Waals surface area contributed by atoms with E-state index in [9.17, 15) is 4.79 Å². The maximum absolute atomic E-state index is 11.7. The summed E-state index contributed by atoms with van der Waals surface area (Å²) in [5, 5.41) is 0. The third kappa shape index (κ3) is 2.63. The van der Waals surface area contributed by atoms with Crippen molar-refractivity contribution >= 4 is 28.3 Å². The Morgan fingerprint density at radius 1 is 1.59 bits per heavy atom. The summed E-state index contributed by atoms with van der Waals surface area (Å²) in [4.78, 5) is 19.7. The zero-order chi connectivity index (χ0) is 12.3. The van der Waals surface area contributed by atoms with Crippen molar-refractivity contribution in [2.24, 2.45) is 4.99 Å². The number of aliphatic imine (C=N–C) groups is 1. The highest BCUT2D eigenvalue weighted by molar-refractivity contribution is 9.10. The average Bonchev–Trinajstić information content (AvgIpc) is 2.78. The Balaban J connectivity index is 2.18. The summed E-state index contributed by atoms with van der Waals surface area (Å²) >= 11 is 3.32. The first-order valence-corrected chi connectivity index (χ1v) is 5.96. The molecule has 0 saturated heterocycles. The van der Waals surface area contributed by atoms with Crippen LogP contribution >= 0.6 is 15.9 Å². The zero-order valence-corrected chi connectivity index (χ0v) is 10.8. The van der Waals surface area contributed by atoms with Crippen molar-refractivity contribution < 1.29 is 14.3 Å². The smallest absolute Gasteiger partial charge is 0.335 e. The van der Waals surface area contributed by atoms with Crippen LogP contribution in [0.4, 0.5) is 0 Å². The van der Waals surface area contributed by atoms with Gasteiger partial charge in [0.15, 0.2) is 18.5 Å². The van der Waals surface area contributed by atoms with E-state index in [1.807, 2.05) is 6.07 Å². The topological polar surface area (TPSA) is 60.8 Å². The minimum atomic E-state index is -0.647. The fraction of sp³-hybridized carbons (Fsp3) is 0.364. The van der Waals surface area contributed by atoms with E-state index in [1.54, 1.807) is 19.3 Å². The first kappa shape index (κ1) is 12.0. The Hall–Kier alpha value is -1.43. The molecule has 0 N–H and O–H groups in total. The van der Waals surface area contributed by atoms with Crippen LogP contribution in [-0.4, -0.2) is 30.0 Å². The summed E-state index contributed by atoms with van der Waals surface area (Å²) in [6, 6.07) is 1.20. The molecule has 0 amide bonds. The molecule has 2 atom stereocenters. The SMILES string of the molecule is CCOC(=O)[C@H]1N=CO[C@H]1c1cncc(Br)c1. The molecule has 1 aliphatic heterocycles. The van der Waals surface area contributed by atoms with Gasteiger partial charge in [-0.15, -0.1) is 0 Å². The van der Waals surface area contributed by atoms with Gasteiger partial charge in [0, 0.05) is 22.4 Å². The molecule has 90 valence electrons. The van der Waals surface area contributed by atoms with Crippen molar-refractivity contribution in [3.8, 4) is 0 Å². The molecular formula is C11H11BrN2O3. The molecule has 2 rings (SSSR count). The van der Waals surface area contributed by atoms with Gasteiger partial charge in [0.2, 0.25) is 0 Å². The number of esters is 1. The minimum Gasteiger partial charge on any atom is -0.473 e. The molecule has 5 nitrogen and oxygen atoms in total. The molecule has 1 aliphatic rings. The predicted molar refractivity (Wildman–Crippen MR) is 64.7 cm³/mol. The van der Waals surface area contributed by atoms with Gasteiger partial charge < -0.3 is 9.47 Å². The lowest BCUT2D eigenvalue weighted by molar-refractivity contribution is -0.146. The molecule has 6 heteroatoms. The van der Waals surface area contributed by atoms with E-state index in [1.165, 1.54) is 6.40 Å². The normalized spacial score (nSPS) is 22.2. The highest BCUT2D eigenvalue weighted by Gasteiger charge is 2.35. The molecule has 1 aromatic heterocycles. The Morgan fingerprint density at radius 3 is 3.12 bits per heavy atom. The first-order chi connectivity index (χ1) is 8.22. The first-order valence-electron chi connectivity index (χ1n) is 5.16. The zero-order valence-electron chi connectivity index (χ0n) is 9.17. The van der Waals surface area contributed by atoms with Crippen LogP contribution in [0.3, 0.4) is 0 Å². The van der Waals surface area contributed by atoms with Gasteiger partial charge in [0.1, 0.15) is 0 Å². The molecule has 0 saturated carbocycles. The van der Waals surface area contributed by atoms with E-state index in [2.05, 4.69) is 25.9 Å². The lowest BCUT2D eigenvalue weighted by Gasteiger charge is -2.16. The molecule has 2 heterocycles. The molecule has 0 fully saturated rings. The Bertz CT molecular complexity index is 450. The second kappa shape index (κ2) is 5.27. The van der Waals surface area contributed by atoms with Crippen LogP contribution in [0.25, 0.3) is 0 Å². The lowest BCUT2D eigenvalue weighted by Crippen LogP contribution is -2.26. The largest absolute Gasteiger partial charge is 0.473 e. The van der Waals surface area contributed by atoms with Crippen molar-refractivity contribution in [3.05, 3.63) is 28.5 Å². The fourth-order valence-electron chi connectivity index (χ4n) is 1.58. The standard InChI is InChI=1S/C11H11BrN2O3/c1-2-16-11(15)9-10(17-6-14-9)7-3-8(12)5-13-4-7/h3-6,9-10H,2H2,1H3/t9-,10-/m0/s1. The Kier molecular flexibility index (Phi) is 3.73. The van der Waals surface area contributed by atoms with Gasteiger partial charge in [-0.25, -0.2) is 9.79 Å². The maximum atomic E-state index is 11.7. The van der Waals surface area contributed by atoms with Gasteiger partial charge in [-0.2, -0.15) is 0 Å². The van der Waals surface area contributed by atoms with Gasteiger partial charge in [0.25, 0.3) is 0 Å². The van der Waals surface area contributed by atoms with Crippen LogP contribution in [0.1, 0.15) is 18.6 Å². The number of hydrogen-bond acceptors (Lipinski definition) is 5. The van der Waals surface area contributed by atoms with Crippen LogP contribution in [0.2, 0.25) is 0 Å². The summed E-state index contributed by atoms with van der Waals surface area (Å²) < 4.78 is 11.1. The number of hydrogen-bond donors (Lipinski definition) is 0. The number of aromatic nitrogens is 1. The van der Waals surface area contributed by atoms with Crippen molar-refractivity contribution in [2.75, 3.05) is 6.61 Å². The predicted octanol–water partition coefficient (Wildman–Crippen LogP) is 1.88. The second-order valence-corrected chi connectivity index (χ2v) is 4.36. The summed E-state index contributed by atoms with van der Waals surface area (Å²) in [6.45, 7) is 2.08. The van der Waals surface area contributed by atoms with E-state index >= 15 is 0 Å². The maximum Gasteiger partial charge on any atom is 0.335 e. The van der Waals surface area contributed by atoms with Gasteiger partial charge in [0.05, 0.1) is 6.61 Å². The van der Waals surface area contributed by atoms with E-state index in [0.29, 0.717) is 6.61 Å². The number of pyridine rings is 1. The molecule has 0 aromatic carbocycles. The molecule has 17 heavy (non-hydrogen) atoms. The summed E-state index contributed by atoms with van der Waals surface area (Å²) in [7, 11) is 0. The molecule has 0 aliphatic carbocycles. The van der Waals surface area contributed by atoms with Gasteiger partial charge in [-0.05, 0) is 28.9 Å². The Labute approximate surface area is 107 Å². The second-order valence-electron chi connectivity index (χ2n) is 3.44. The fourth-order valence-corrected chi connectivity index (χ4v) is 1.96. The molecule has 0 bridgehead atoms. The van der Waals surface area contributed by atoms with Crippen molar-refractivity contribution in [1.29, 1.82) is 0 Å². The summed E-state index contributed by atoms with van der Waals surface area (Å²) in [5.41, 5.74) is 0.787. The highest BCUT2D eigenvalue weighted by Crippen LogP contribution is 2.28. The van der Waals surface area contributed by atoms with Crippen LogP contribution in [0.5, 0.6) is 0 Å². The molecule has 1 aromatic rings. The van der Waals surface area contributed by atoms with Gasteiger partial charge >= 0.3 is 5.97 Å². The molecule has 0 radical (unpaired) electrons. The number of halogens is 1. The summed E-state index contributed by atoms with van der Waals surface area (Å²) in [5.74, 6) is -0.383. The van der Waals surface area contributed by atoms with Crippen LogP contribution in [0.15, 0.2) is 27.9 Å². The number of rotatable bonds is 3. The molecule has 0 unspecified atom stereocenters. The quantitative estimate of drug-likeness (QED) is 0.800. The molecule has 0 spiro atoms. The highest BCUT2D eigenvalue weighted by atomic mass is 79.9. The number of carbonyl (C=O) groups excluding carboxylic acids is 1. The van der Waals surface area contributed by atoms with E-state index in [4.69, 9.17) is 9.47 Å². The van der Waals surface area contributed by atoms with Crippen LogP contribution < -0.4 is 0 Å². The van der Waals surface area contributed by atoms with Gasteiger partial charge in [-0.3, -0.25) is 4.98 Å². The minimum absolute atomic E-state index is 0.328. The van der Waals surface area contributed by atoms with Gasteiger partial charge in [-0.1, -0.05) is 0 Å². The van der Waals surface area contributed by atoms with E-state index < -0.39 is 12.1 Å². The average molecular weight is 299 g/mol. The van der Waals surface area contributed by atoms with Crippen molar-refractivity contribution in [1.82, 2.24) is 4.98 Å². The lowest BCUT2D eigenvalue weighted by atomic mass is 10.1. The number of carbonyl (C=O) groups is 1. The monoisotopic (exact) mass is 298 g/mol. The van der Waals surface area contributed by atoms with E-state index in [-0.39, 0.29) is 5.97 Å². The Morgan fingerprint density at radius 2 is 2.41 bits per heavy atom. The third-order valence-corrected chi connectivity index (χ3v) is 2.73. The number of ether oxygens (including phenoxy) is 2.